The van der Waals surface area contributed by atoms with Crippen molar-refractivity contribution in [2.45, 2.75) is 13.5 Å². The number of hydrogen-bond acceptors (Lipinski definition) is 4. The molecule has 0 fully saturated rings. The molecule has 19 heavy (non-hydrogen) atoms. The Bertz CT molecular complexity index is 588. The van der Waals surface area contributed by atoms with E-state index < -0.39 is 0 Å². The third-order valence-corrected chi connectivity index (χ3v) is 3.43. The number of methoxy groups -OCH3 is 1. The first-order valence-electron chi connectivity index (χ1n) is 5.78. The summed E-state index contributed by atoms with van der Waals surface area (Å²) in [6.45, 7) is 2.28. The molecule has 2 rings (SSSR count). The summed E-state index contributed by atoms with van der Waals surface area (Å²) in [5.74, 6) is 1.77. The Labute approximate surface area is 120 Å². The molecule has 0 atom stereocenters. The van der Waals surface area contributed by atoms with Gasteiger partial charge in [-0.3, -0.25) is 0 Å². The highest BCUT2D eigenvalue weighted by atomic mass is 79.9. The van der Waals surface area contributed by atoms with Crippen molar-refractivity contribution >= 4 is 21.7 Å². The maximum absolute atomic E-state index is 5.81. The molecule has 1 aromatic heterocycles. The molecule has 4 nitrogen and oxygen atoms in total. The normalized spacial score (nSPS) is 10.3. The number of aromatic nitrogens is 1. The third-order valence-electron chi connectivity index (χ3n) is 2.66. The summed E-state index contributed by atoms with van der Waals surface area (Å²) in [6, 6.07) is 9.42. The lowest BCUT2D eigenvalue weighted by atomic mass is 10.2. The van der Waals surface area contributed by atoms with Gasteiger partial charge in [-0.2, -0.15) is 0 Å². The fourth-order valence-electron chi connectivity index (χ4n) is 1.63. The molecule has 0 aliphatic heterocycles. The number of rotatable bonds is 4. The lowest BCUT2D eigenvalue weighted by molar-refractivity contribution is 0.305. The fourth-order valence-corrected chi connectivity index (χ4v) is 1.99. The third kappa shape index (κ3) is 3.38. The number of anilines is 1. The van der Waals surface area contributed by atoms with Crippen LogP contribution in [0.4, 0.5) is 5.82 Å². The summed E-state index contributed by atoms with van der Waals surface area (Å²) in [4.78, 5) is 4.16. The first kappa shape index (κ1) is 13.7. The molecule has 0 aliphatic rings. The van der Waals surface area contributed by atoms with Gasteiger partial charge in [0, 0.05) is 15.7 Å². The van der Waals surface area contributed by atoms with E-state index in [0.717, 1.165) is 21.5 Å². The quantitative estimate of drug-likeness (QED) is 0.938. The fraction of sp³-hybridized carbons (Fsp3) is 0.214. The number of ether oxygens (including phenoxy) is 2. The molecule has 100 valence electrons. The van der Waals surface area contributed by atoms with E-state index in [1.54, 1.807) is 7.11 Å². The molecule has 0 radical (unpaired) electrons. The Morgan fingerprint density at radius 1 is 1.26 bits per heavy atom. The smallest absolute Gasteiger partial charge is 0.166 e. The SMILES string of the molecule is COc1ccc(Br)c(COc2ccc(C)nc2N)c1. The van der Waals surface area contributed by atoms with Crippen LogP contribution >= 0.6 is 15.9 Å². The van der Waals surface area contributed by atoms with Crippen molar-refractivity contribution in [3.05, 3.63) is 46.1 Å². The minimum absolute atomic E-state index is 0.396. The lowest BCUT2D eigenvalue weighted by Crippen LogP contribution is -2.02. The van der Waals surface area contributed by atoms with Crippen LogP contribution in [0.2, 0.25) is 0 Å². The van der Waals surface area contributed by atoms with Crippen molar-refractivity contribution in [2.75, 3.05) is 12.8 Å². The Balaban J connectivity index is 2.14. The molecule has 1 aromatic carbocycles. The predicted octanol–water partition coefficient (Wildman–Crippen LogP) is 3.32. The second-order valence-electron chi connectivity index (χ2n) is 4.08. The highest BCUT2D eigenvalue weighted by Gasteiger charge is 2.06. The van der Waals surface area contributed by atoms with Gasteiger partial charge >= 0.3 is 0 Å². The molecule has 0 saturated heterocycles. The van der Waals surface area contributed by atoms with E-state index in [4.69, 9.17) is 15.2 Å². The number of nitrogens with zero attached hydrogens (tertiary/aromatic N) is 1. The molecule has 0 bridgehead atoms. The van der Waals surface area contributed by atoms with E-state index in [1.165, 1.54) is 0 Å². The minimum Gasteiger partial charge on any atom is -0.497 e. The second kappa shape index (κ2) is 5.93. The molecular formula is C14H15BrN2O2. The van der Waals surface area contributed by atoms with E-state index in [9.17, 15) is 0 Å². The minimum atomic E-state index is 0.396. The maximum Gasteiger partial charge on any atom is 0.166 e. The van der Waals surface area contributed by atoms with Gasteiger partial charge in [0.1, 0.15) is 12.4 Å². The standard InChI is InChI=1S/C14H15BrN2O2/c1-9-3-6-13(14(16)17-9)19-8-10-7-11(18-2)4-5-12(10)15/h3-7H,8H2,1-2H3,(H2,16,17). The monoisotopic (exact) mass is 322 g/mol. The van der Waals surface area contributed by atoms with Crippen molar-refractivity contribution in [2.24, 2.45) is 0 Å². The van der Waals surface area contributed by atoms with Crippen LogP contribution in [-0.4, -0.2) is 12.1 Å². The highest BCUT2D eigenvalue weighted by Crippen LogP contribution is 2.25. The lowest BCUT2D eigenvalue weighted by Gasteiger charge is -2.11. The first-order chi connectivity index (χ1) is 9.10. The van der Waals surface area contributed by atoms with Gasteiger partial charge in [-0.15, -0.1) is 0 Å². The molecule has 2 aromatic rings. The first-order valence-corrected chi connectivity index (χ1v) is 6.58. The summed E-state index contributed by atoms with van der Waals surface area (Å²) in [6.07, 6.45) is 0. The zero-order chi connectivity index (χ0) is 13.8. The van der Waals surface area contributed by atoms with Crippen molar-refractivity contribution in [3.63, 3.8) is 0 Å². The molecule has 5 heteroatoms. The molecule has 0 amide bonds. The van der Waals surface area contributed by atoms with Gasteiger partial charge in [0.2, 0.25) is 0 Å². The predicted molar refractivity (Wildman–Crippen MR) is 78.4 cm³/mol. The van der Waals surface area contributed by atoms with E-state index in [-0.39, 0.29) is 0 Å². The highest BCUT2D eigenvalue weighted by molar-refractivity contribution is 9.10. The van der Waals surface area contributed by atoms with Gasteiger partial charge < -0.3 is 15.2 Å². The van der Waals surface area contributed by atoms with Crippen LogP contribution in [0.15, 0.2) is 34.8 Å². The van der Waals surface area contributed by atoms with Crippen LogP contribution in [0.3, 0.4) is 0 Å². The summed E-state index contributed by atoms with van der Waals surface area (Å²) in [7, 11) is 1.63. The number of halogens is 1. The molecule has 2 N–H and O–H groups in total. The number of nitrogens with two attached hydrogens (primary N) is 1. The van der Waals surface area contributed by atoms with Crippen molar-refractivity contribution in [1.82, 2.24) is 4.98 Å². The zero-order valence-corrected chi connectivity index (χ0v) is 12.4. The Hall–Kier alpha value is -1.75. The van der Waals surface area contributed by atoms with Crippen molar-refractivity contribution in [3.8, 4) is 11.5 Å². The van der Waals surface area contributed by atoms with E-state index in [1.807, 2.05) is 37.3 Å². The summed E-state index contributed by atoms with van der Waals surface area (Å²) in [5, 5.41) is 0. The number of nitrogen functional groups attached to an aromatic ring is 1. The van der Waals surface area contributed by atoms with Gasteiger partial charge in [0.15, 0.2) is 11.6 Å². The van der Waals surface area contributed by atoms with Crippen LogP contribution in [-0.2, 0) is 6.61 Å². The van der Waals surface area contributed by atoms with E-state index in [0.29, 0.717) is 18.2 Å². The topological polar surface area (TPSA) is 57.4 Å². The van der Waals surface area contributed by atoms with Gasteiger partial charge in [-0.25, -0.2) is 4.98 Å². The molecule has 0 unspecified atom stereocenters. The average molecular weight is 323 g/mol. The van der Waals surface area contributed by atoms with Crippen molar-refractivity contribution < 1.29 is 9.47 Å². The number of pyridine rings is 1. The molecule has 0 spiro atoms. The van der Waals surface area contributed by atoms with Gasteiger partial charge in [0.05, 0.1) is 7.11 Å². The average Bonchev–Trinajstić information content (AvgIpc) is 2.39. The van der Waals surface area contributed by atoms with Gasteiger partial charge in [-0.1, -0.05) is 15.9 Å². The van der Waals surface area contributed by atoms with Crippen LogP contribution < -0.4 is 15.2 Å². The largest absolute Gasteiger partial charge is 0.497 e. The summed E-state index contributed by atoms with van der Waals surface area (Å²) < 4.78 is 11.8. The maximum atomic E-state index is 5.81. The van der Waals surface area contributed by atoms with E-state index in [2.05, 4.69) is 20.9 Å². The summed E-state index contributed by atoms with van der Waals surface area (Å²) >= 11 is 3.48. The van der Waals surface area contributed by atoms with Gasteiger partial charge in [0.25, 0.3) is 0 Å². The van der Waals surface area contributed by atoms with Crippen LogP contribution in [0.5, 0.6) is 11.5 Å². The second-order valence-corrected chi connectivity index (χ2v) is 4.94. The van der Waals surface area contributed by atoms with Crippen molar-refractivity contribution in [1.29, 1.82) is 0 Å². The Morgan fingerprint density at radius 3 is 2.74 bits per heavy atom. The molecule has 0 aliphatic carbocycles. The zero-order valence-electron chi connectivity index (χ0n) is 10.8. The van der Waals surface area contributed by atoms with E-state index >= 15 is 0 Å². The Morgan fingerprint density at radius 2 is 2.05 bits per heavy atom. The number of hydrogen-bond donors (Lipinski definition) is 1. The molecule has 1 heterocycles. The van der Waals surface area contributed by atoms with Crippen LogP contribution in [0.1, 0.15) is 11.3 Å². The van der Waals surface area contributed by atoms with Crippen LogP contribution in [0, 0.1) is 6.92 Å². The summed E-state index contributed by atoms with van der Waals surface area (Å²) in [5.41, 5.74) is 7.66. The molecule has 0 saturated carbocycles. The number of aryl methyl sites for hydroxylation is 1. The van der Waals surface area contributed by atoms with Crippen LogP contribution in [0.25, 0.3) is 0 Å². The molecular weight excluding hydrogens is 308 g/mol. The number of benzene rings is 1. The van der Waals surface area contributed by atoms with Gasteiger partial charge in [-0.05, 0) is 37.3 Å². The Kier molecular flexibility index (Phi) is 4.27.